The van der Waals surface area contributed by atoms with Crippen LogP contribution in [0.3, 0.4) is 0 Å². The van der Waals surface area contributed by atoms with Crippen LogP contribution in [0, 0.1) is 11.8 Å². The van der Waals surface area contributed by atoms with Gasteiger partial charge in [0, 0.05) is 36.2 Å². The lowest BCUT2D eigenvalue weighted by Gasteiger charge is -2.13. The topological polar surface area (TPSA) is 92.4 Å². The summed E-state index contributed by atoms with van der Waals surface area (Å²) in [4.78, 5) is 27.6. The zero-order valence-corrected chi connectivity index (χ0v) is 18.5. The van der Waals surface area contributed by atoms with Crippen LogP contribution in [0.15, 0.2) is 53.1 Å². The second-order valence-electron chi connectivity index (χ2n) is 7.88. The molecule has 11 heteroatoms. The van der Waals surface area contributed by atoms with E-state index in [4.69, 9.17) is 4.42 Å². The molecule has 0 unspecified atom stereocenters. The average molecular weight is 504 g/mol. The fraction of sp³-hybridized carbons (Fsp3) is 0.160. The van der Waals surface area contributed by atoms with Gasteiger partial charge in [-0.05, 0) is 60.0 Å². The van der Waals surface area contributed by atoms with Crippen LogP contribution in [0.1, 0.15) is 32.7 Å². The summed E-state index contributed by atoms with van der Waals surface area (Å²) >= 11 is 0. The molecule has 186 valence electrons. The molecule has 0 fully saturated rings. The maximum Gasteiger partial charge on any atom is 0.389 e. The number of aromatic carboxylic acids is 1. The average Bonchev–Trinajstić information content (AvgIpc) is 3.20. The van der Waals surface area contributed by atoms with Crippen LogP contribution in [0.4, 0.5) is 22.0 Å². The summed E-state index contributed by atoms with van der Waals surface area (Å²) in [5.74, 6) is -3.90. The molecule has 0 atom stereocenters. The van der Waals surface area contributed by atoms with E-state index < -0.39 is 48.2 Å². The molecule has 0 saturated carbocycles. The lowest BCUT2D eigenvalue weighted by atomic mass is 9.93. The van der Waals surface area contributed by atoms with Crippen molar-refractivity contribution in [3.05, 3.63) is 77.1 Å². The highest BCUT2D eigenvalue weighted by Crippen LogP contribution is 2.39. The number of carboxylic acid groups (broad SMARTS) is 1. The number of aromatic nitrogens is 1. The molecule has 1 amide bonds. The molecule has 2 N–H and O–H groups in total. The van der Waals surface area contributed by atoms with E-state index in [1.165, 1.54) is 31.3 Å². The molecular formula is C25H17F5N2O4. The van der Waals surface area contributed by atoms with Crippen molar-refractivity contribution in [1.82, 2.24) is 10.3 Å². The number of carbonyl (C=O) groups is 2. The summed E-state index contributed by atoms with van der Waals surface area (Å²) in [5.41, 5.74) is -0.00835. The first kappa shape index (κ1) is 24.8. The molecule has 4 aromatic rings. The van der Waals surface area contributed by atoms with E-state index in [1.54, 1.807) is 0 Å². The number of hydrogen-bond donors (Lipinski definition) is 2. The van der Waals surface area contributed by atoms with Crippen molar-refractivity contribution in [2.45, 2.75) is 19.0 Å². The van der Waals surface area contributed by atoms with E-state index in [-0.39, 0.29) is 39.0 Å². The van der Waals surface area contributed by atoms with E-state index in [2.05, 4.69) is 10.3 Å². The molecule has 0 aliphatic heterocycles. The van der Waals surface area contributed by atoms with Crippen LogP contribution < -0.4 is 5.32 Å². The number of pyridine rings is 1. The molecule has 2 aromatic carbocycles. The van der Waals surface area contributed by atoms with Gasteiger partial charge in [-0.2, -0.15) is 17.6 Å². The van der Waals surface area contributed by atoms with E-state index in [1.807, 2.05) is 0 Å². The molecule has 2 heterocycles. The smallest absolute Gasteiger partial charge is 0.389 e. The quantitative estimate of drug-likeness (QED) is 0.249. The Hall–Kier alpha value is -4.28. The number of halogens is 5. The van der Waals surface area contributed by atoms with E-state index >= 15 is 0 Å². The summed E-state index contributed by atoms with van der Waals surface area (Å²) in [6, 6.07) is 8.75. The van der Waals surface area contributed by atoms with Gasteiger partial charge in [-0.3, -0.25) is 4.79 Å². The minimum absolute atomic E-state index is 0.0382. The van der Waals surface area contributed by atoms with E-state index in [0.717, 1.165) is 24.4 Å². The Morgan fingerprint density at radius 3 is 2.36 bits per heavy atom. The molecule has 0 aliphatic carbocycles. The number of carboxylic acids is 1. The van der Waals surface area contributed by atoms with Gasteiger partial charge in [0.15, 0.2) is 0 Å². The Labute approximate surface area is 200 Å². The van der Waals surface area contributed by atoms with Crippen LogP contribution in [0.25, 0.3) is 33.4 Å². The van der Waals surface area contributed by atoms with Crippen molar-refractivity contribution < 1.29 is 41.1 Å². The maximum absolute atomic E-state index is 13.9. The SMILES string of the molecule is CNC(=O)c1c(-c2ccc(F)cc2)oc2cc(CCC(F)(F)F)c(-c3cnc(F)c(C(=O)O)c3)cc12. The monoisotopic (exact) mass is 504 g/mol. The number of fused-ring (bicyclic) bond motifs is 1. The zero-order valence-electron chi connectivity index (χ0n) is 18.5. The Morgan fingerprint density at radius 2 is 1.75 bits per heavy atom. The Balaban J connectivity index is 2.00. The predicted molar refractivity (Wildman–Crippen MR) is 120 cm³/mol. The van der Waals surface area contributed by atoms with Gasteiger partial charge in [0.1, 0.15) is 22.7 Å². The van der Waals surface area contributed by atoms with Gasteiger partial charge < -0.3 is 14.8 Å². The molecule has 0 spiro atoms. The van der Waals surface area contributed by atoms with Crippen LogP contribution in [0.2, 0.25) is 0 Å². The van der Waals surface area contributed by atoms with E-state index in [9.17, 15) is 36.6 Å². The maximum atomic E-state index is 13.9. The fourth-order valence-electron chi connectivity index (χ4n) is 3.84. The molecule has 0 aliphatic rings. The van der Waals surface area contributed by atoms with Gasteiger partial charge in [0.25, 0.3) is 5.91 Å². The summed E-state index contributed by atoms with van der Waals surface area (Å²) in [5, 5.41) is 11.9. The number of benzene rings is 2. The van der Waals surface area contributed by atoms with Crippen molar-refractivity contribution in [3.63, 3.8) is 0 Å². The van der Waals surface area contributed by atoms with Crippen molar-refractivity contribution >= 4 is 22.8 Å². The zero-order chi connectivity index (χ0) is 26.2. The molecule has 6 nitrogen and oxygen atoms in total. The fourth-order valence-corrected chi connectivity index (χ4v) is 3.84. The summed E-state index contributed by atoms with van der Waals surface area (Å²) in [6.45, 7) is 0. The standard InChI is InChI=1S/C25H17F5N2O4/c1-31-23(33)20-17-10-16(14-8-18(24(34)35)22(27)32-11-14)13(6-7-25(28,29)30)9-19(17)36-21(20)12-2-4-15(26)5-3-12/h2-5,8-11H,6-7H2,1H3,(H,31,33)(H,34,35). The summed E-state index contributed by atoms with van der Waals surface area (Å²) < 4.78 is 72.3. The highest BCUT2D eigenvalue weighted by atomic mass is 19.4. The first-order chi connectivity index (χ1) is 17.0. The van der Waals surface area contributed by atoms with Crippen LogP contribution in [-0.4, -0.2) is 35.2 Å². The van der Waals surface area contributed by atoms with Crippen molar-refractivity contribution in [2.75, 3.05) is 7.05 Å². The second kappa shape index (κ2) is 9.40. The molecular weight excluding hydrogens is 487 g/mol. The molecule has 0 radical (unpaired) electrons. The number of nitrogens with zero attached hydrogens (tertiary/aromatic N) is 1. The Bertz CT molecular complexity index is 1480. The molecule has 2 aromatic heterocycles. The predicted octanol–water partition coefficient (Wildman–Crippen LogP) is 5.99. The van der Waals surface area contributed by atoms with Gasteiger partial charge >= 0.3 is 12.1 Å². The van der Waals surface area contributed by atoms with Gasteiger partial charge in [0.05, 0.1) is 5.56 Å². The lowest BCUT2D eigenvalue weighted by Crippen LogP contribution is -2.18. The van der Waals surface area contributed by atoms with Crippen molar-refractivity contribution in [1.29, 1.82) is 0 Å². The first-order valence-electron chi connectivity index (χ1n) is 10.5. The third-order valence-corrected chi connectivity index (χ3v) is 5.53. The highest BCUT2D eigenvalue weighted by molar-refractivity contribution is 6.12. The minimum atomic E-state index is -4.49. The molecule has 0 saturated heterocycles. The van der Waals surface area contributed by atoms with Gasteiger partial charge in [-0.15, -0.1) is 0 Å². The number of aryl methyl sites for hydroxylation is 1. The number of hydrogen-bond acceptors (Lipinski definition) is 4. The normalized spacial score (nSPS) is 11.6. The third-order valence-electron chi connectivity index (χ3n) is 5.53. The number of carbonyl (C=O) groups excluding carboxylic acids is 1. The number of furan rings is 1. The van der Waals surface area contributed by atoms with Crippen LogP contribution in [-0.2, 0) is 6.42 Å². The third kappa shape index (κ3) is 4.90. The van der Waals surface area contributed by atoms with Crippen LogP contribution >= 0.6 is 0 Å². The second-order valence-corrected chi connectivity index (χ2v) is 7.88. The van der Waals surface area contributed by atoms with Crippen LogP contribution in [0.5, 0.6) is 0 Å². The highest BCUT2D eigenvalue weighted by Gasteiger charge is 2.29. The number of nitrogens with one attached hydrogen (secondary N) is 1. The Morgan fingerprint density at radius 1 is 1.06 bits per heavy atom. The van der Waals surface area contributed by atoms with Crippen molar-refractivity contribution in [2.24, 2.45) is 0 Å². The summed E-state index contributed by atoms with van der Waals surface area (Å²) in [6.07, 6.45) is -5.19. The molecule has 0 bridgehead atoms. The Kier molecular flexibility index (Phi) is 6.49. The first-order valence-corrected chi connectivity index (χ1v) is 10.5. The van der Waals surface area contributed by atoms with Gasteiger partial charge in [0.2, 0.25) is 5.95 Å². The number of rotatable bonds is 6. The molecule has 36 heavy (non-hydrogen) atoms. The minimum Gasteiger partial charge on any atom is -0.478 e. The largest absolute Gasteiger partial charge is 0.478 e. The van der Waals surface area contributed by atoms with Gasteiger partial charge in [-0.25, -0.2) is 14.2 Å². The number of amides is 1. The summed E-state index contributed by atoms with van der Waals surface area (Å²) in [7, 11) is 1.37. The van der Waals surface area contributed by atoms with Crippen molar-refractivity contribution in [3.8, 4) is 22.5 Å². The molecule has 4 rings (SSSR count). The number of alkyl halides is 3. The van der Waals surface area contributed by atoms with Gasteiger partial charge in [-0.1, -0.05) is 0 Å². The van der Waals surface area contributed by atoms with E-state index in [0.29, 0.717) is 5.56 Å². The lowest BCUT2D eigenvalue weighted by molar-refractivity contribution is -0.133.